The summed E-state index contributed by atoms with van der Waals surface area (Å²) in [4.78, 5) is 14.1. The maximum absolute atomic E-state index is 12.0. The Morgan fingerprint density at radius 3 is 2.42 bits per heavy atom. The second kappa shape index (κ2) is 7.25. The highest BCUT2D eigenvalue weighted by molar-refractivity contribution is 5.76. The summed E-state index contributed by atoms with van der Waals surface area (Å²) in [5, 5.41) is 3.52. The summed E-state index contributed by atoms with van der Waals surface area (Å²) in [6.07, 6.45) is 7.05. The number of rotatable bonds is 4. The quantitative estimate of drug-likeness (QED) is 0.847. The summed E-state index contributed by atoms with van der Waals surface area (Å²) < 4.78 is 5.72. The van der Waals surface area contributed by atoms with E-state index in [9.17, 15) is 4.79 Å². The molecular weight excluding hydrogens is 240 g/mol. The van der Waals surface area contributed by atoms with Gasteiger partial charge in [0.2, 0.25) is 5.91 Å². The van der Waals surface area contributed by atoms with E-state index in [0.717, 1.165) is 32.5 Å². The lowest BCUT2D eigenvalue weighted by Crippen LogP contribution is -2.43. The summed E-state index contributed by atoms with van der Waals surface area (Å²) in [5.74, 6) is 0.320. The minimum absolute atomic E-state index is 0.320. The number of likely N-dealkylation sites (tertiary alicyclic amines) is 1. The molecule has 1 N–H and O–H groups in total. The first kappa shape index (κ1) is 14.8. The summed E-state index contributed by atoms with van der Waals surface area (Å²) in [5.41, 5.74) is 0. The van der Waals surface area contributed by atoms with Gasteiger partial charge in [-0.05, 0) is 46.0 Å². The van der Waals surface area contributed by atoms with Crippen LogP contribution in [0.5, 0.6) is 0 Å². The minimum atomic E-state index is 0.320. The summed E-state index contributed by atoms with van der Waals surface area (Å²) in [6.45, 7) is 6.99. The van der Waals surface area contributed by atoms with E-state index in [1.165, 1.54) is 19.3 Å². The zero-order valence-electron chi connectivity index (χ0n) is 12.4. The molecule has 2 fully saturated rings. The van der Waals surface area contributed by atoms with Gasteiger partial charge in [0.25, 0.3) is 0 Å². The van der Waals surface area contributed by atoms with Crippen LogP contribution in [0.2, 0.25) is 0 Å². The van der Waals surface area contributed by atoms with Crippen LogP contribution in [0.3, 0.4) is 0 Å². The molecule has 2 unspecified atom stereocenters. The molecule has 0 aromatic heterocycles. The highest BCUT2D eigenvalue weighted by Gasteiger charge is 2.24. The monoisotopic (exact) mass is 268 g/mol. The molecular formula is C15H28N2O2. The molecule has 2 rings (SSSR count). The van der Waals surface area contributed by atoms with Gasteiger partial charge in [-0.3, -0.25) is 4.79 Å². The van der Waals surface area contributed by atoms with Gasteiger partial charge in [0.15, 0.2) is 0 Å². The lowest BCUT2D eigenvalue weighted by molar-refractivity contribution is -0.132. The fraction of sp³-hybridized carbons (Fsp3) is 0.933. The maximum atomic E-state index is 12.0. The van der Waals surface area contributed by atoms with Crippen molar-refractivity contribution in [2.45, 2.75) is 70.6 Å². The van der Waals surface area contributed by atoms with E-state index in [1.54, 1.807) is 0 Å². The van der Waals surface area contributed by atoms with Crippen molar-refractivity contribution < 1.29 is 9.53 Å². The van der Waals surface area contributed by atoms with E-state index in [1.807, 2.05) is 4.90 Å². The van der Waals surface area contributed by atoms with E-state index < -0.39 is 0 Å². The van der Waals surface area contributed by atoms with Crippen LogP contribution in [0.25, 0.3) is 0 Å². The number of piperidine rings is 1. The molecule has 4 nitrogen and oxygen atoms in total. The van der Waals surface area contributed by atoms with Gasteiger partial charge in [-0.25, -0.2) is 0 Å². The zero-order chi connectivity index (χ0) is 13.7. The fourth-order valence-corrected chi connectivity index (χ4v) is 3.26. The second-order valence-electron chi connectivity index (χ2n) is 6.07. The van der Waals surface area contributed by atoms with E-state index in [4.69, 9.17) is 4.74 Å². The van der Waals surface area contributed by atoms with E-state index in [0.29, 0.717) is 30.6 Å². The van der Waals surface area contributed by atoms with Crippen LogP contribution in [-0.4, -0.2) is 48.7 Å². The molecule has 2 atom stereocenters. The highest BCUT2D eigenvalue weighted by Crippen LogP contribution is 2.19. The molecule has 2 heterocycles. The molecule has 0 aromatic rings. The van der Waals surface area contributed by atoms with Crippen molar-refractivity contribution in [2.75, 3.05) is 19.6 Å². The number of amides is 1. The number of ether oxygens (including phenoxy) is 1. The van der Waals surface area contributed by atoms with Gasteiger partial charge in [-0.15, -0.1) is 0 Å². The Morgan fingerprint density at radius 2 is 1.79 bits per heavy atom. The lowest BCUT2D eigenvalue weighted by atomic mass is 10.00. The molecule has 2 aliphatic heterocycles. The molecule has 0 aromatic carbocycles. The molecule has 0 saturated carbocycles. The van der Waals surface area contributed by atoms with Gasteiger partial charge in [0, 0.05) is 32.1 Å². The molecule has 0 radical (unpaired) electrons. The third kappa shape index (κ3) is 4.77. The molecule has 2 aliphatic rings. The van der Waals surface area contributed by atoms with Crippen molar-refractivity contribution in [3.8, 4) is 0 Å². The SMILES string of the molecule is CC1CC(NCCC(=O)N2CCCCC2)CC(C)O1. The first-order valence-corrected chi connectivity index (χ1v) is 7.82. The molecule has 0 bridgehead atoms. The summed E-state index contributed by atoms with van der Waals surface area (Å²) in [7, 11) is 0. The van der Waals surface area contributed by atoms with E-state index in [-0.39, 0.29) is 0 Å². The topological polar surface area (TPSA) is 41.6 Å². The Bertz CT molecular complexity index is 280. The van der Waals surface area contributed by atoms with Crippen molar-refractivity contribution in [1.82, 2.24) is 10.2 Å². The molecule has 4 heteroatoms. The minimum Gasteiger partial charge on any atom is -0.375 e. The molecule has 19 heavy (non-hydrogen) atoms. The largest absolute Gasteiger partial charge is 0.375 e. The standard InChI is InChI=1S/C15H28N2O2/c1-12-10-14(11-13(2)19-12)16-7-6-15(18)17-8-4-3-5-9-17/h12-14,16H,3-11H2,1-2H3. The predicted octanol–water partition coefficient (Wildman–Crippen LogP) is 1.93. The van der Waals surface area contributed by atoms with Gasteiger partial charge in [-0.1, -0.05) is 0 Å². The van der Waals surface area contributed by atoms with Gasteiger partial charge in [0.1, 0.15) is 0 Å². The third-order valence-corrected chi connectivity index (χ3v) is 4.18. The Morgan fingerprint density at radius 1 is 1.16 bits per heavy atom. The van der Waals surface area contributed by atoms with Gasteiger partial charge in [0.05, 0.1) is 12.2 Å². The van der Waals surface area contributed by atoms with Crippen molar-refractivity contribution in [3.63, 3.8) is 0 Å². The lowest BCUT2D eigenvalue weighted by Gasteiger charge is -2.33. The number of hydrogen-bond acceptors (Lipinski definition) is 3. The molecule has 0 aliphatic carbocycles. The number of nitrogens with one attached hydrogen (secondary N) is 1. The smallest absolute Gasteiger partial charge is 0.223 e. The van der Waals surface area contributed by atoms with Crippen LogP contribution >= 0.6 is 0 Å². The Hall–Kier alpha value is -0.610. The van der Waals surface area contributed by atoms with Crippen molar-refractivity contribution in [3.05, 3.63) is 0 Å². The van der Waals surface area contributed by atoms with E-state index >= 15 is 0 Å². The highest BCUT2D eigenvalue weighted by atomic mass is 16.5. The number of hydrogen-bond donors (Lipinski definition) is 1. The molecule has 2 saturated heterocycles. The van der Waals surface area contributed by atoms with Crippen LogP contribution in [0.15, 0.2) is 0 Å². The van der Waals surface area contributed by atoms with Gasteiger partial charge >= 0.3 is 0 Å². The average Bonchev–Trinajstić information content (AvgIpc) is 2.38. The predicted molar refractivity (Wildman–Crippen MR) is 76.1 cm³/mol. The van der Waals surface area contributed by atoms with Gasteiger partial charge < -0.3 is 15.0 Å². The van der Waals surface area contributed by atoms with Crippen LogP contribution in [0, 0.1) is 0 Å². The second-order valence-corrected chi connectivity index (χ2v) is 6.07. The van der Waals surface area contributed by atoms with Crippen molar-refractivity contribution >= 4 is 5.91 Å². The van der Waals surface area contributed by atoms with Crippen LogP contribution in [-0.2, 0) is 9.53 Å². The van der Waals surface area contributed by atoms with Crippen molar-refractivity contribution in [1.29, 1.82) is 0 Å². The average molecular weight is 268 g/mol. The number of carbonyl (C=O) groups excluding carboxylic acids is 1. The number of carbonyl (C=O) groups is 1. The summed E-state index contributed by atoms with van der Waals surface area (Å²) in [6, 6.07) is 0.507. The first-order valence-electron chi connectivity index (χ1n) is 7.82. The maximum Gasteiger partial charge on any atom is 0.223 e. The van der Waals surface area contributed by atoms with Crippen LogP contribution < -0.4 is 5.32 Å². The van der Waals surface area contributed by atoms with Gasteiger partial charge in [-0.2, -0.15) is 0 Å². The zero-order valence-corrected chi connectivity index (χ0v) is 12.4. The summed E-state index contributed by atoms with van der Waals surface area (Å²) >= 11 is 0. The van der Waals surface area contributed by atoms with Crippen LogP contribution in [0.4, 0.5) is 0 Å². The Balaban J connectivity index is 1.64. The molecule has 0 spiro atoms. The molecule has 110 valence electrons. The Labute approximate surface area is 116 Å². The normalized spacial score (nSPS) is 32.3. The first-order chi connectivity index (χ1) is 9.15. The fourth-order valence-electron chi connectivity index (χ4n) is 3.26. The van der Waals surface area contributed by atoms with Crippen LogP contribution in [0.1, 0.15) is 52.4 Å². The van der Waals surface area contributed by atoms with Crippen molar-refractivity contribution in [2.24, 2.45) is 0 Å². The van der Waals surface area contributed by atoms with E-state index in [2.05, 4.69) is 19.2 Å². The Kier molecular flexibility index (Phi) is 5.64. The third-order valence-electron chi connectivity index (χ3n) is 4.18. The molecule has 1 amide bonds. The number of nitrogens with zero attached hydrogens (tertiary/aromatic N) is 1.